The summed E-state index contributed by atoms with van der Waals surface area (Å²) in [5, 5.41) is 3.45. The maximum Gasteiger partial charge on any atom is 0.240 e. The topological polar surface area (TPSA) is 49.8 Å². The summed E-state index contributed by atoms with van der Waals surface area (Å²) in [6.07, 6.45) is 0. The van der Waals surface area contributed by atoms with Gasteiger partial charge in [0, 0.05) is 6.54 Å². The smallest absolute Gasteiger partial charge is 0.240 e. The number of benzene rings is 1. The van der Waals surface area contributed by atoms with E-state index in [4.69, 9.17) is 23.8 Å². The van der Waals surface area contributed by atoms with Crippen molar-refractivity contribution in [1.82, 2.24) is 14.9 Å². The van der Waals surface area contributed by atoms with Crippen LogP contribution in [0.15, 0.2) is 18.2 Å². The molecule has 1 aromatic heterocycles. The summed E-state index contributed by atoms with van der Waals surface area (Å²) < 4.78 is 2.23. The minimum atomic E-state index is -0.0642. The average molecular weight is 298 g/mol. The Bertz CT molecular complexity index is 659. The van der Waals surface area contributed by atoms with Gasteiger partial charge in [0.15, 0.2) is 4.77 Å². The molecule has 0 aliphatic rings. The summed E-state index contributed by atoms with van der Waals surface area (Å²) in [5.41, 5.74) is 1.61. The van der Waals surface area contributed by atoms with E-state index in [-0.39, 0.29) is 12.5 Å². The molecule has 19 heavy (non-hydrogen) atoms. The van der Waals surface area contributed by atoms with E-state index in [1.807, 2.05) is 12.1 Å². The molecule has 0 spiro atoms. The Morgan fingerprint density at radius 3 is 2.95 bits per heavy atom. The molecule has 1 heterocycles. The van der Waals surface area contributed by atoms with Crippen LogP contribution in [0.4, 0.5) is 0 Å². The molecule has 0 radical (unpaired) electrons. The molecule has 0 bridgehead atoms. The Labute approximate surface area is 121 Å². The van der Waals surface area contributed by atoms with Crippen molar-refractivity contribution < 1.29 is 4.79 Å². The van der Waals surface area contributed by atoms with Crippen LogP contribution in [-0.2, 0) is 11.3 Å². The van der Waals surface area contributed by atoms with E-state index in [0.29, 0.717) is 22.3 Å². The lowest BCUT2D eigenvalue weighted by Gasteiger charge is -2.09. The highest BCUT2D eigenvalue weighted by molar-refractivity contribution is 7.71. The fourth-order valence-corrected chi connectivity index (χ4v) is 2.39. The van der Waals surface area contributed by atoms with Gasteiger partial charge < -0.3 is 14.9 Å². The first-order valence-electron chi connectivity index (χ1n) is 6.12. The van der Waals surface area contributed by atoms with Crippen LogP contribution in [0.2, 0.25) is 5.02 Å². The van der Waals surface area contributed by atoms with Gasteiger partial charge in [-0.15, -0.1) is 0 Å². The normalized spacial score (nSPS) is 11.2. The minimum Gasteiger partial charge on any atom is -0.354 e. The Morgan fingerprint density at radius 1 is 1.53 bits per heavy atom. The van der Waals surface area contributed by atoms with Crippen LogP contribution in [-0.4, -0.2) is 22.0 Å². The number of H-pyrrole nitrogens is 1. The van der Waals surface area contributed by atoms with Crippen molar-refractivity contribution in [2.75, 3.05) is 6.54 Å². The molecule has 102 valence electrons. The molecule has 0 fully saturated rings. The second kappa shape index (κ2) is 5.75. The molecule has 0 saturated carbocycles. The minimum absolute atomic E-state index is 0.0642. The second-order valence-electron chi connectivity index (χ2n) is 4.85. The summed E-state index contributed by atoms with van der Waals surface area (Å²) in [5.74, 6) is 0.356. The van der Waals surface area contributed by atoms with E-state index < -0.39 is 0 Å². The molecule has 1 aromatic carbocycles. The lowest BCUT2D eigenvalue weighted by Crippen LogP contribution is -2.30. The van der Waals surface area contributed by atoms with Crippen molar-refractivity contribution in [3.05, 3.63) is 28.0 Å². The molecule has 4 nitrogen and oxygen atoms in total. The summed E-state index contributed by atoms with van der Waals surface area (Å²) >= 11 is 11.4. The van der Waals surface area contributed by atoms with Crippen LogP contribution < -0.4 is 5.32 Å². The number of para-hydroxylation sites is 1. The zero-order valence-electron chi connectivity index (χ0n) is 10.9. The molecule has 0 aliphatic heterocycles. The maximum absolute atomic E-state index is 11.9. The number of hydrogen-bond acceptors (Lipinski definition) is 2. The lowest BCUT2D eigenvalue weighted by atomic mass is 10.2. The van der Waals surface area contributed by atoms with Crippen LogP contribution in [0.3, 0.4) is 0 Å². The number of halogens is 1. The number of aromatic amines is 1. The molecule has 2 rings (SSSR count). The van der Waals surface area contributed by atoms with Crippen LogP contribution >= 0.6 is 23.8 Å². The Hall–Kier alpha value is -1.33. The second-order valence-corrected chi connectivity index (χ2v) is 5.64. The third kappa shape index (κ3) is 3.16. The van der Waals surface area contributed by atoms with Gasteiger partial charge >= 0.3 is 0 Å². The van der Waals surface area contributed by atoms with Gasteiger partial charge in [-0.25, -0.2) is 0 Å². The van der Waals surface area contributed by atoms with E-state index >= 15 is 0 Å². The van der Waals surface area contributed by atoms with E-state index in [2.05, 4.69) is 24.1 Å². The standard InChI is InChI=1S/C13H16ClN3OS/c1-8(2)6-15-11(18)7-17-12-9(14)4-3-5-10(12)16-13(17)19/h3-5,8H,6-7H2,1-2H3,(H,15,18)(H,16,19). The molecule has 0 atom stereocenters. The Balaban J connectivity index is 2.28. The number of carbonyl (C=O) groups excluding carboxylic acids is 1. The third-order valence-corrected chi connectivity index (χ3v) is 3.38. The van der Waals surface area contributed by atoms with Crippen LogP contribution in [0.5, 0.6) is 0 Å². The van der Waals surface area contributed by atoms with Crippen molar-refractivity contribution in [2.24, 2.45) is 5.92 Å². The van der Waals surface area contributed by atoms with Gasteiger partial charge in [-0.05, 0) is 30.3 Å². The van der Waals surface area contributed by atoms with Crippen molar-refractivity contribution in [3.63, 3.8) is 0 Å². The summed E-state index contributed by atoms with van der Waals surface area (Å²) in [4.78, 5) is 14.9. The van der Waals surface area contributed by atoms with E-state index in [0.717, 1.165) is 11.0 Å². The number of hydrogen-bond donors (Lipinski definition) is 2. The van der Waals surface area contributed by atoms with Gasteiger partial charge in [-0.3, -0.25) is 4.79 Å². The number of nitrogens with one attached hydrogen (secondary N) is 2. The van der Waals surface area contributed by atoms with Crippen LogP contribution in [0.1, 0.15) is 13.8 Å². The molecular weight excluding hydrogens is 282 g/mol. The number of amides is 1. The fourth-order valence-electron chi connectivity index (χ4n) is 1.84. The monoisotopic (exact) mass is 297 g/mol. The van der Waals surface area contributed by atoms with Gasteiger partial charge in [0.1, 0.15) is 6.54 Å². The van der Waals surface area contributed by atoms with E-state index in [1.54, 1.807) is 10.6 Å². The van der Waals surface area contributed by atoms with E-state index in [1.165, 1.54) is 0 Å². The number of rotatable bonds is 4. The number of fused-ring (bicyclic) bond motifs is 1. The van der Waals surface area contributed by atoms with Crippen molar-refractivity contribution >= 4 is 40.8 Å². The highest BCUT2D eigenvalue weighted by Gasteiger charge is 2.11. The molecule has 6 heteroatoms. The Kier molecular flexibility index (Phi) is 4.27. The Morgan fingerprint density at radius 2 is 2.26 bits per heavy atom. The maximum atomic E-state index is 11.9. The highest BCUT2D eigenvalue weighted by atomic mass is 35.5. The van der Waals surface area contributed by atoms with Crippen molar-refractivity contribution in [1.29, 1.82) is 0 Å². The third-order valence-electron chi connectivity index (χ3n) is 2.75. The molecule has 0 saturated heterocycles. The fraction of sp³-hybridized carbons (Fsp3) is 0.385. The number of carbonyl (C=O) groups is 1. The van der Waals surface area contributed by atoms with Crippen molar-refractivity contribution in [3.8, 4) is 0 Å². The molecule has 0 aliphatic carbocycles. The number of imidazole rings is 1. The molecule has 1 amide bonds. The predicted octanol–water partition coefficient (Wildman–Crippen LogP) is 3.12. The first-order valence-corrected chi connectivity index (χ1v) is 6.91. The quantitative estimate of drug-likeness (QED) is 0.852. The largest absolute Gasteiger partial charge is 0.354 e. The molecular formula is C13H16ClN3OS. The van der Waals surface area contributed by atoms with Gasteiger partial charge in [0.25, 0.3) is 0 Å². The number of aromatic nitrogens is 2. The summed E-state index contributed by atoms with van der Waals surface area (Å²) in [6, 6.07) is 5.52. The van der Waals surface area contributed by atoms with Crippen LogP contribution in [0, 0.1) is 10.7 Å². The number of nitrogens with zero attached hydrogens (tertiary/aromatic N) is 1. The summed E-state index contributed by atoms with van der Waals surface area (Å²) in [7, 11) is 0. The lowest BCUT2D eigenvalue weighted by molar-refractivity contribution is -0.121. The molecule has 0 unspecified atom stereocenters. The first-order chi connectivity index (χ1) is 8.99. The summed E-state index contributed by atoms with van der Waals surface area (Å²) in [6.45, 7) is 4.93. The SMILES string of the molecule is CC(C)CNC(=O)Cn1c(=S)[nH]c2cccc(Cl)c21. The predicted molar refractivity (Wildman–Crippen MR) is 80.0 cm³/mol. The van der Waals surface area contributed by atoms with Gasteiger partial charge in [-0.2, -0.15) is 0 Å². The molecule has 2 aromatic rings. The van der Waals surface area contributed by atoms with Gasteiger partial charge in [-0.1, -0.05) is 31.5 Å². The zero-order valence-corrected chi connectivity index (χ0v) is 12.4. The first kappa shape index (κ1) is 14.1. The van der Waals surface area contributed by atoms with Crippen LogP contribution in [0.25, 0.3) is 11.0 Å². The molecule has 2 N–H and O–H groups in total. The van der Waals surface area contributed by atoms with Crippen molar-refractivity contribution in [2.45, 2.75) is 20.4 Å². The zero-order chi connectivity index (χ0) is 14.0. The van der Waals surface area contributed by atoms with E-state index in [9.17, 15) is 4.79 Å². The highest BCUT2D eigenvalue weighted by Crippen LogP contribution is 2.23. The van der Waals surface area contributed by atoms with Gasteiger partial charge in [0.2, 0.25) is 5.91 Å². The van der Waals surface area contributed by atoms with Gasteiger partial charge in [0.05, 0.1) is 16.1 Å². The average Bonchev–Trinajstić information content (AvgIpc) is 2.65.